The van der Waals surface area contributed by atoms with Crippen LogP contribution in [0.4, 0.5) is 15.8 Å². The van der Waals surface area contributed by atoms with Gasteiger partial charge in [-0.2, -0.15) is 0 Å². The summed E-state index contributed by atoms with van der Waals surface area (Å²) in [4.78, 5) is 24.8. The first-order valence-corrected chi connectivity index (χ1v) is 6.25. The third kappa shape index (κ3) is 2.05. The van der Waals surface area contributed by atoms with Gasteiger partial charge in [-0.05, 0) is 42.5 Å². The zero-order valence-electron chi connectivity index (χ0n) is 11.1. The number of amides is 1. The summed E-state index contributed by atoms with van der Waals surface area (Å²) in [5.74, 6) is -0.318. The fraction of sp³-hybridized carbons (Fsp3) is 0.133. The van der Waals surface area contributed by atoms with Crippen molar-refractivity contribution < 1.29 is 13.9 Å². The molecule has 21 heavy (non-hydrogen) atoms. The number of hydrogen-bond donors (Lipinski definition) is 0. The normalized spacial score (nSPS) is 16.8. The van der Waals surface area contributed by atoms with Crippen LogP contribution in [0.3, 0.4) is 0 Å². The van der Waals surface area contributed by atoms with Crippen molar-refractivity contribution in [1.82, 2.24) is 0 Å². The Hall–Kier alpha value is -2.76. The largest absolute Gasteiger partial charge is 0.497 e. The summed E-state index contributed by atoms with van der Waals surface area (Å²) in [6.45, 7) is 0. The van der Waals surface area contributed by atoms with E-state index in [0.717, 1.165) is 0 Å². The van der Waals surface area contributed by atoms with Gasteiger partial charge in [-0.3, -0.25) is 9.69 Å². The summed E-state index contributed by atoms with van der Waals surface area (Å²) in [5.41, 5.74) is 1.52. The molecule has 0 saturated carbocycles. The lowest BCUT2D eigenvalue weighted by Gasteiger charge is -2.17. The zero-order chi connectivity index (χ0) is 15.0. The van der Waals surface area contributed by atoms with E-state index in [4.69, 9.17) is 4.74 Å². The van der Waals surface area contributed by atoms with Crippen molar-refractivity contribution >= 4 is 17.3 Å². The molecule has 0 N–H and O–H groups in total. The van der Waals surface area contributed by atoms with Crippen molar-refractivity contribution in [3.05, 3.63) is 58.8 Å². The molecule has 0 aromatic heterocycles. The highest BCUT2D eigenvalue weighted by Crippen LogP contribution is 2.43. The number of ether oxygens (including phenoxy) is 1. The number of nitroso groups, excluding NO2 is 1. The molecule has 0 bridgehead atoms. The minimum Gasteiger partial charge on any atom is -0.497 e. The molecule has 3 rings (SSSR count). The third-order valence-electron chi connectivity index (χ3n) is 3.41. The van der Waals surface area contributed by atoms with Gasteiger partial charge in [0.1, 0.15) is 11.6 Å². The highest BCUT2D eigenvalue weighted by molar-refractivity contribution is 6.10. The lowest BCUT2D eigenvalue weighted by Crippen LogP contribution is -2.22. The second kappa shape index (κ2) is 4.97. The number of rotatable bonds is 3. The van der Waals surface area contributed by atoms with Gasteiger partial charge in [-0.15, -0.1) is 4.91 Å². The Morgan fingerprint density at radius 3 is 2.52 bits per heavy atom. The van der Waals surface area contributed by atoms with Crippen molar-refractivity contribution in [1.29, 1.82) is 0 Å². The highest BCUT2D eigenvalue weighted by atomic mass is 19.1. The first-order chi connectivity index (χ1) is 10.2. The fourth-order valence-corrected chi connectivity index (χ4v) is 2.41. The van der Waals surface area contributed by atoms with Gasteiger partial charge in [0.15, 0.2) is 6.04 Å². The maximum atomic E-state index is 13.0. The second-order valence-electron chi connectivity index (χ2n) is 4.58. The quantitative estimate of drug-likeness (QED) is 0.813. The summed E-state index contributed by atoms with van der Waals surface area (Å²) in [6, 6.07) is 9.35. The molecular weight excluding hydrogens is 275 g/mol. The molecule has 0 radical (unpaired) electrons. The number of halogens is 1. The molecule has 1 aliphatic rings. The average molecular weight is 286 g/mol. The highest BCUT2D eigenvalue weighted by Gasteiger charge is 2.39. The van der Waals surface area contributed by atoms with Gasteiger partial charge in [-0.25, -0.2) is 4.39 Å². The Morgan fingerprint density at radius 1 is 1.19 bits per heavy atom. The summed E-state index contributed by atoms with van der Waals surface area (Å²) in [5, 5.41) is 2.91. The smallest absolute Gasteiger partial charge is 0.264 e. The maximum absolute atomic E-state index is 13.0. The molecule has 106 valence electrons. The van der Waals surface area contributed by atoms with E-state index in [1.54, 1.807) is 18.2 Å². The van der Waals surface area contributed by atoms with Crippen molar-refractivity contribution in [3.8, 4) is 5.75 Å². The summed E-state index contributed by atoms with van der Waals surface area (Å²) in [7, 11) is 1.50. The van der Waals surface area contributed by atoms with Crippen molar-refractivity contribution in [2.75, 3.05) is 12.0 Å². The number of hydrogen-bond acceptors (Lipinski definition) is 4. The van der Waals surface area contributed by atoms with Gasteiger partial charge >= 0.3 is 0 Å². The van der Waals surface area contributed by atoms with E-state index in [2.05, 4.69) is 5.18 Å². The summed E-state index contributed by atoms with van der Waals surface area (Å²) < 4.78 is 18.1. The number of carbonyl (C=O) groups is 1. The van der Waals surface area contributed by atoms with Crippen LogP contribution in [0.1, 0.15) is 11.6 Å². The minimum absolute atomic E-state index is 0.398. The SMILES string of the molecule is COc1ccc2c(c1)C(N=O)C(=O)N2c1ccc(F)cc1. The molecule has 1 heterocycles. The van der Waals surface area contributed by atoms with E-state index >= 15 is 0 Å². The molecule has 0 spiro atoms. The number of anilines is 2. The lowest BCUT2D eigenvalue weighted by molar-refractivity contribution is -0.118. The van der Waals surface area contributed by atoms with E-state index in [0.29, 0.717) is 22.7 Å². The zero-order valence-corrected chi connectivity index (χ0v) is 11.1. The molecule has 2 aromatic carbocycles. The van der Waals surface area contributed by atoms with Crippen LogP contribution in [0.25, 0.3) is 0 Å². The molecule has 1 atom stereocenters. The van der Waals surface area contributed by atoms with Crippen LogP contribution in [0.5, 0.6) is 5.75 Å². The van der Waals surface area contributed by atoms with Crippen LogP contribution in [0, 0.1) is 10.7 Å². The van der Waals surface area contributed by atoms with Crippen LogP contribution in [-0.4, -0.2) is 13.0 Å². The van der Waals surface area contributed by atoms with Crippen LogP contribution in [0.15, 0.2) is 47.6 Å². The molecule has 6 heteroatoms. The van der Waals surface area contributed by atoms with Crippen molar-refractivity contribution in [2.24, 2.45) is 5.18 Å². The molecule has 2 aromatic rings. The second-order valence-corrected chi connectivity index (χ2v) is 4.58. The molecule has 0 aliphatic carbocycles. The van der Waals surface area contributed by atoms with Crippen molar-refractivity contribution in [3.63, 3.8) is 0 Å². The number of nitrogens with zero attached hydrogens (tertiary/aromatic N) is 2. The molecule has 5 nitrogen and oxygen atoms in total. The summed E-state index contributed by atoms with van der Waals surface area (Å²) >= 11 is 0. The first-order valence-electron chi connectivity index (χ1n) is 6.25. The maximum Gasteiger partial charge on any atom is 0.264 e. The van der Waals surface area contributed by atoms with Gasteiger partial charge in [0.2, 0.25) is 0 Å². The van der Waals surface area contributed by atoms with Gasteiger partial charge in [0.05, 0.1) is 12.8 Å². The number of methoxy groups -OCH3 is 1. The summed E-state index contributed by atoms with van der Waals surface area (Å²) in [6.07, 6.45) is 0. The predicted molar refractivity (Wildman–Crippen MR) is 75.1 cm³/mol. The molecule has 0 saturated heterocycles. The fourth-order valence-electron chi connectivity index (χ4n) is 2.41. The van der Waals surface area contributed by atoms with E-state index < -0.39 is 17.8 Å². The van der Waals surface area contributed by atoms with Crippen LogP contribution < -0.4 is 9.64 Å². The third-order valence-corrected chi connectivity index (χ3v) is 3.41. The monoisotopic (exact) mass is 286 g/mol. The number of carbonyl (C=O) groups excluding carboxylic acids is 1. The van der Waals surface area contributed by atoms with Crippen molar-refractivity contribution in [2.45, 2.75) is 6.04 Å². The Balaban J connectivity index is 2.14. The lowest BCUT2D eigenvalue weighted by atomic mass is 10.1. The van der Waals surface area contributed by atoms with E-state index in [1.165, 1.54) is 36.3 Å². The van der Waals surface area contributed by atoms with E-state index in [1.807, 2.05) is 0 Å². The van der Waals surface area contributed by atoms with Crippen LogP contribution in [-0.2, 0) is 4.79 Å². The first kappa shape index (κ1) is 13.2. The van der Waals surface area contributed by atoms with Crippen LogP contribution in [0.2, 0.25) is 0 Å². The molecule has 1 aliphatic heterocycles. The van der Waals surface area contributed by atoms with Crippen LogP contribution >= 0.6 is 0 Å². The molecular formula is C15H11FN2O3. The topological polar surface area (TPSA) is 59.0 Å². The van der Waals surface area contributed by atoms with Gasteiger partial charge < -0.3 is 4.74 Å². The Bertz CT molecular complexity index is 715. The predicted octanol–water partition coefficient (Wildman–Crippen LogP) is 3.32. The molecule has 1 unspecified atom stereocenters. The van der Waals surface area contributed by atoms with Gasteiger partial charge in [0.25, 0.3) is 5.91 Å². The molecule has 0 fully saturated rings. The molecule has 1 amide bonds. The Labute approximate surface area is 119 Å². The Morgan fingerprint density at radius 2 is 1.90 bits per heavy atom. The number of fused-ring (bicyclic) bond motifs is 1. The van der Waals surface area contributed by atoms with E-state index in [9.17, 15) is 14.1 Å². The Kier molecular flexibility index (Phi) is 3.13. The van der Waals surface area contributed by atoms with Gasteiger partial charge in [0, 0.05) is 11.3 Å². The van der Waals surface area contributed by atoms with E-state index in [-0.39, 0.29) is 0 Å². The number of benzene rings is 2. The minimum atomic E-state index is -1.11. The van der Waals surface area contributed by atoms with Gasteiger partial charge in [-0.1, -0.05) is 5.18 Å². The average Bonchev–Trinajstić information content (AvgIpc) is 2.78. The standard InChI is InChI=1S/C15H11FN2O3/c1-21-11-6-7-13-12(8-11)14(17-20)15(19)18(13)10-4-2-9(16)3-5-10/h2-8,14H,1H3.